The predicted octanol–water partition coefficient (Wildman–Crippen LogP) is 2.51. The highest BCUT2D eigenvalue weighted by molar-refractivity contribution is 7.13. The largest absolute Gasteiger partial charge is 0.264 e. The molecule has 2 aromatic heterocycles. The van der Waals surface area contributed by atoms with Gasteiger partial charge in [-0.05, 0) is 18.6 Å². The van der Waals surface area contributed by atoms with Crippen molar-refractivity contribution in [3.63, 3.8) is 0 Å². The van der Waals surface area contributed by atoms with Gasteiger partial charge in [-0.1, -0.05) is 0 Å². The molecule has 2 rings (SSSR count). The van der Waals surface area contributed by atoms with Crippen molar-refractivity contribution in [3.05, 3.63) is 35.6 Å². The van der Waals surface area contributed by atoms with E-state index in [2.05, 4.69) is 16.9 Å². The van der Waals surface area contributed by atoms with E-state index in [-0.39, 0.29) is 0 Å². The second-order valence-corrected chi connectivity index (χ2v) is 3.42. The van der Waals surface area contributed by atoms with Gasteiger partial charge < -0.3 is 0 Å². The van der Waals surface area contributed by atoms with E-state index in [1.165, 1.54) is 5.56 Å². The van der Waals surface area contributed by atoms with Crippen molar-refractivity contribution in [2.45, 2.75) is 6.92 Å². The summed E-state index contributed by atoms with van der Waals surface area (Å²) in [5.74, 6) is 0. The lowest BCUT2D eigenvalue weighted by molar-refractivity contribution is 1.27. The van der Waals surface area contributed by atoms with Crippen LogP contribution in [0.4, 0.5) is 0 Å². The van der Waals surface area contributed by atoms with Crippen molar-refractivity contribution in [3.8, 4) is 10.6 Å². The predicted molar refractivity (Wildman–Crippen MR) is 50.1 cm³/mol. The van der Waals surface area contributed by atoms with E-state index in [9.17, 15) is 0 Å². The lowest BCUT2D eigenvalue weighted by Crippen LogP contribution is -1.82. The molecule has 2 heterocycles. The SMILES string of the molecule is Cc1ccncc1-c1nccs1. The first-order valence-electron chi connectivity index (χ1n) is 3.68. The van der Waals surface area contributed by atoms with E-state index in [4.69, 9.17) is 0 Å². The molecule has 0 aromatic carbocycles. The summed E-state index contributed by atoms with van der Waals surface area (Å²) >= 11 is 1.64. The van der Waals surface area contributed by atoms with Gasteiger partial charge in [0.2, 0.25) is 0 Å². The fourth-order valence-corrected chi connectivity index (χ4v) is 1.76. The molecule has 0 aliphatic heterocycles. The van der Waals surface area contributed by atoms with Crippen molar-refractivity contribution in [2.75, 3.05) is 0 Å². The van der Waals surface area contributed by atoms with Gasteiger partial charge in [-0.15, -0.1) is 11.3 Å². The highest BCUT2D eigenvalue weighted by atomic mass is 32.1. The second kappa shape index (κ2) is 3.03. The van der Waals surface area contributed by atoms with Crippen LogP contribution in [-0.2, 0) is 0 Å². The second-order valence-electron chi connectivity index (χ2n) is 2.53. The molecule has 0 aliphatic rings. The van der Waals surface area contributed by atoms with Gasteiger partial charge in [0.05, 0.1) is 0 Å². The van der Waals surface area contributed by atoms with Gasteiger partial charge in [0, 0.05) is 29.5 Å². The summed E-state index contributed by atoms with van der Waals surface area (Å²) in [6, 6.07) is 2.00. The average Bonchev–Trinajstić information content (AvgIpc) is 2.57. The van der Waals surface area contributed by atoms with Gasteiger partial charge in [0.1, 0.15) is 5.01 Å². The first kappa shape index (κ1) is 7.43. The Balaban J connectivity index is 2.55. The number of aryl methyl sites for hydroxylation is 1. The third-order valence-electron chi connectivity index (χ3n) is 1.70. The molecule has 0 N–H and O–H groups in total. The standard InChI is InChI=1S/C9H8N2S/c1-7-2-3-10-6-8(7)9-11-4-5-12-9/h2-6H,1H3. The van der Waals surface area contributed by atoms with Crippen molar-refractivity contribution in [2.24, 2.45) is 0 Å². The van der Waals surface area contributed by atoms with E-state index in [0.29, 0.717) is 0 Å². The van der Waals surface area contributed by atoms with Crippen LogP contribution in [0.1, 0.15) is 5.56 Å². The molecule has 0 spiro atoms. The molecule has 0 bridgehead atoms. The Kier molecular flexibility index (Phi) is 1.87. The van der Waals surface area contributed by atoms with Crippen LogP contribution in [0.2, 0.25) is 0 Å². The fourth-order valence-electron chi connectivity index (χ4n) is 1.04. The van der Waals surface area contributed by atoms with Crippen LogP contribution < -0.4 is 0 Å². The lowest BCUT2D eigenvalue weighted by Gasteiger charge is -1.98. The maximum Gasteiger partial charge on any atom is 0.125 e. The van der Waals surface area contributed by atoms with Crippen LogP contribution in [0.5, 0.6) is 0 Å². The molecule has 3 heteroatoms. The number of nitrogens with zero attached hydrogens (tertiary/aromatic N) is 2. The Morgan fingerprint density at radius 3 is 2.92 bits per heavy atom. The summed E-state index contributed by atoms with van der Waals surface area (Å²) in [7, 11) is 0. The first-order valence-corrected chi connectivity index (χ1v) is 4.56. The molecular formula is C9H8N2S. The number of hydrogen-bond donors (Lipinski definition) is 0. The summed E-state index contributed by atoms with van der Waals surface area (Å²) in [4.78, 5) is 8.29. The number of aromatic nitrogens is 2. The summed E-state index contributed by atoms with van der Waals surface area (Å²) in [5.41, 5.74) is 2.35. The summed E-state index contributed by atoms with van der Waals surface area (Å²) in [5, 5.41) is 3.02. The van der Waals surface area contributed by atoms with E-state index < -0.39 is 0 Å². The molecule has 0 amide bonds. The Bertz CT molecular complexity index is 368. The van der Waals surface area contributed by atoms with Crippen LogP contribution in [-0.4, -0.2) is 9.97 Å². The van der Waals surface area contributed by atoms with Crippen molar-refractivity contribution >= 4 is 11.3 Å². The zero-order valence-corrected chi connectivity index (χ0v) is 7.51. The van der Waals surface area contributed by atoms with Gasteiger partial charge >= 0.3 is 0 Å². The smallest absolute Gasteiger partial charge is 0.125 e. The minimum absolute atomic E-state index is 1.04. The number of hydrogen-bond acceptors (Lipinski definition) is 3. The molecule has 2 nitrogen and oxygen atoms in total. The molecule has 0 atom stereocenters. The minimum Gasteiger partial charge on any atom is -0.264 e. The summed E-state index contributed by atoms with van der Waals surface area (Å²) in [6.45, 7) is 2.07. The van der Waals surface area contributed by atoms with Crippen LogP contribution >= 0.6 is 11.3 Å². The maximum absolute atomic E-state index is 4.23. The highest BCUT2D eigenvalue weighted by Gasteiger charge is 2.02. The zero-order chi connectivity index (χ0) is 8.39. The van der Waals surface area contributed by atoms with Crippen molar-refractivity contribution in [1.82, 2.24) is 9.97 Å². The average molecular weight is 176 g/mol. The Morgan fingerprint density at radius 2 is 2.25 bits per heavy atom. The monoisotopic (exact) mass is 176 g/mol. The quantitative estimate of drug-likeness (QED) is 0.667. The van der Waals surface area contributed by atoms with Gasteiger partial charge in [0.25, 0.3) is 0 Å². The molecule has 0 saturated heterocycles. The lowest BCUT2D eigenvalue weighted by atomic mass is 10.2. The van der Waals surface area contributed by atoms with Gasteiger partial charge in [-0.2, -0.15) is 0 Å². The fraction of sp³-hybridized carbons (Fsp3) is 0.111. The summed E-state index contributed by atoms with van der Waals surface area (Å²) < 4.78 is 0. The van der Waals surface area contributed by atoms with Crippen LogP contribution in [0, 0.1) is 6.92 Å². The number of thiazole rings is 1. The Labute approximate surface area is 74.9 Å². The highest BCUT2D eigenvalue weighted by Crippen LogP contribution is 2.23. The van der Waals surface area contributed by atoms with E-state index in [1.807, 2.05) is 23.8 Å². The zero-order valence-electron chi connectivity index (χ0n) is 6.69. The van der Waals surface area contributed by atoms with Crippen LogP contribution in [0.15, 0.2) is 30.0 Å². The Morgan fingerprint density at radius 1 is 1.33 bits per heavy atom. The van der Waals surface area contributed by atoms with Crippen LogP contribution in [0.25, 0.3) is 10.6 Å². The van der Waals surface area contributed by atoms with E-state index in [0.717, 1.165) is 10.6 Å². The maximum atomic E-state index is 4.23. The molecule has 0 radical (unpaired) electrons. The van der Waals surface area contributed by atoms with Gasteiger partial charge in [0.15, 0.2) is 0 Å². The Hall–Kier alpha value is -1.22. The van der Waals surface area contributed by atoms with Crippen molar-refractivity contribution in [1.29, 1.82) is 0 Å². The molecule has 2 aromatic rings. The van der Waals surface area contributed by atoms with E-state index >= 15 is 0 Å². The molecule has 12 heavy (non-hydrogen) atoms. The topological polar surface area (TPSA) is 25.8 Å². The molecular weight excluding hydrogens is 168 g/mol. The van der Waals surface area contributed by atoms with E-state index in [1.54, 1.807) is 17.5 Å². The van der Waals surface area contributed by atoms with Gasteiger partial charge in [-0.3, -0.25) is 4.98 Å². The van der Waals surface area contributed by atoms with Crippen LogP contribution in [0.3, 0.4) is 0 Å². The minimum atomic E-state index is 1.04. The third kappa shape index (κ3) is 1.23. The molecule has 0 fully saturated rings. The number of pyridine rings is 1. The molecule has 0 saturated carbocycles. The molecule has 0 aliphatic carbocycles. The number of rotatable bonds is 1. The molecule has 60 valence electrons. The van der Waals surface area contributed by atoms with Crippen molar-refractivity contribution < 1.29 is 0 Å². The first-order chi connectivity index (χ1) is 5.88. The molecule has 0 unspecified atom stereocenters. The summed E-state index contributed by atoms with van der Waals surface area (Å²) in [6.07, 6.45) is 5.47. The van der Waals surface area contributed by atoms with Gasteiger partial charge in [-0.25, -0.2) is 4.98 Å². The third-order valence-corrected chi connectivity index (χ3v) is 2.51. The normalized spacial score (nSPS) is 10.1.